The molecule has 1 saturated heterocycles. The van der Waals surface area contributed by atoms with Crippen LogP contribution < -0.4 is 15.0 Å². The molecule has 0 saturated carbocycles. The van der Waals surface area contributed by atoms with Crippen LogP contribution in [-0.2, 0) is 4.74 Å². The molecule has 1 fully saturated rings. The van der Waals surface area contributed by atoms with Crippen LogP contribution in [0.3, 0.4) is 0 Å². The summed E-state index contributed by atoms with van der Waals surface area (Å²) in [7, 11) is 1.59. The van der Waals surface area contributed by atoms with Crippen LogP contribution in [0.4, 0.5) is 11.6 Å². The molecule has 2 aromatic rings. The molecule has 1 aliphatic rings. The van der Waals surface area contributed by atoms with Gasteiger partial charge >= 0.3 is 0 Å². The van der Waals surface area contributed by atoms with E-state index in [1.165, 1.54) is 0 Å². The molecular formula is C19H24N4O3. The van der Waals surface area contributed by atoms with Gasteiger partial charge in [-0.05, 0) is 24.1 Å². The summed E-state index contributed by atoms with van der Waals surface area (Å²) in [6.07, 6.45) is 0. The van der Waals surface area contributed by atoms with Gasteiger partial charge in [-0.25, -0.2) is 9.97 Å². The Labute approximate surface area is 153 Å². The Morgan fingerprint density at radius 1 is 1.23 bits per heavy atom. The topological polar surface area (TPSA) is 76.6 Å². The van der Waals surface area contributed by atoms with Crippen molar-refractivity contribution in [1.29, 1.82) is 0 Å². The highest BCUT2D eigenvalue weighted by atomic mass is 16.5. The fourth-order valence-electron chi connectivity index (χ4n) is 2.67. The first-order valence-electron chi connectivity index (χ1n) is 8.74. The number of benzene rings is 1. The molecule has 138 valence electrons. The van der Waals surface area contributed by atoms with E-state index in [-0.39, 0.29) is 11.8 Å². The van der Waals surface area contributed by atoms with Crippen molar-refractivity contribution >= 4 is 17.5 Å². The van der Waals surface area contributed by atoms with E-state index < -0.39 is 0 Å². The van der Waals surface area contributed by atoms with Crippen molar-refractivity contribution in [2.24, 2.45) is 0 Å². The normalized spacial score (nSPS) is 14.4. The summed E-state index contributed by atoms with van der Waals surface area (Å²) < 4.78 is 10.6. The largest absolute Gasteiger partial charge is 0.497 e. The monoisotopic (exact) mass is 356 g/mol. The molecule has 26 heavy (non-hydrogen) atoms. The fraction of sp³-hybridized carbons (Fsp3) is 0.421. The van der Waals surface area contributed by atoms with Crippen molar-refractivity contribution in [3.05, 3.63) is 41.7 Å². The minimum absolute atomic E-state index is 0.196. The predicted molar refractivity (Wildman–Crippen MR) is 100 cm³/mol. The van der Waals surface area contributed by atoms with Crippen LogP contribution in [0.25, 0.3) is 0 Å². The molecule has 1 N–H and O–H groups in total. The van der Waals surface area contributed by atoms with Crippen LogP contribution in [0.2, 0.25) is 0 Å². The van der Waals surface area contributed by atoms with E-state index >= 15 is 0 Å². The van der Waals surface area contributed by atoms with Crippen LogP contribution in [0.15, 0.2) is 30.3 Å². The molecule has 0 unspecified atom stereocenters. The number of carbonyl (C=O) groups is 1. The number of hydrogen-bond acceptors (Lipinski definition) is 6. The quantitative estimate of drug-likeness (QED) is 0.888. The molecule has 7 nitrogen and oxygen atoms in total. The third kappa shape index (κ3) is 4.29. The predicted octanol–water partition coefficient (Wildman–Crippen LogP) is 2.70. The fourth-order valence-corrected chi connectivity index (χ4v) is 2.67. The summed E-state index contributed by atoms with van der Waals surface area (Å²) in [5, 5.41) is 2.88. The van der Waals surface area contributed by atoms with Crippen molar-refractivity contribution in [3.63, 3.8) is 0 Å². The summed E-state index contributed by atoms with van der Waals surface area (Å²) in [6, 6.07) is 8.99. The van der Waals surface area contributed by atoms with Gasteiger partial charge in [0.05, 0.1) is 20.3 Å². The van der Waals surface area contributed by atoms with E-state index in [2.05, 4.69) is 34.0 Å². The average molecular weight is 356 g/mol. The lowest BCUT2D eigenvalue weighted by molar-refractivity contribution is 0.102. The highest BCUT2D eigenvalue weighted by molar-refractivity contribution is 6.03. The molecule has 0 spiro atoms. The third-order valence-corrected chi connectivity index (χ3v) is 4.18. The number of aromatic nitrogens is 2. The van der Waals surface area contributed by atoms with Crippen LogP contribution in [0.5, 0.6) is 5.75 Å². The Balaban J connectivity index is 1.87. The summed E-state index contributed by atoms with van der Waals surface area (Å²) in [5.74, 6) is 1.19. The highest BCUT2D eigenvalue weighted by Crippen LogP contribution is 2.20. The second kappa shape index (κ2) is 8.14. The number of morpholine rings is 1. The zero-order valence-electron chi connectivity index (χ0n) is 15.4. The van der Waals surface area contributed by atoms with E-state index in [1.54, 1.807) is 19.2 Å². The molecule has 0 bridgehead atoms. The number of rotatable bonds is 5. The number of anilines is 2. The molecule has 7 heteroatoms. The zero-order chi connectivity index (χ0) is 18.5. The van der Waals surface area contributed by atoms with Crippen molar-refractivity contribution in [3.8, 4) is 5.75 Å². The van der Waals surface area contributed by atoms with E-state index in [9.17, 15) is 4.79 Å². The van der Waals surface area contributed by atoms with Crippen molar-refractivity contribution in [1.82, 2.24) is 9.97 Å². The van der Waals surface area contributed by atoms with Gasteiger partial charge < -0.3 is 19.7 Å². The summed E-state index contributed by atoms with van der Waals surface area (Å²) >= 11 is 0. The van der Waals surface area contributed by atoms with Gasteiger partial charge in [-0.3, -0.25) is 4.79 Å². The molecule has 1 aromatic heterocycles. The van der Waals surface area contributed by atoms with Crippen LogP contribution in [-0.4, -0.2) is 49.3 Å². The molecule has 1 aliphatic heterocycles. The number of nitrogens with zero attached hydrogens (tertiary/aromatic N) is 3. The Kier molecular flexibility index (Phi) is 5.68. The van der Waals surface area contributed by atoms with Crippen molar-refractivity contribution < 1.29 is 14.3 Å². The first kappa shape index (κ1) is 18.1. The van der Waals surface area contributed by atoms with E-state index in [4.69, 9.17) is 9.47 Å². The second-order valence-corrected chi connectivity index (χ2v) is 6.42. The van der Waals surface area contributed by atoms with Gasteiger partial charge in [0.15, 0.2) is 0 Å². The van der Waals surface area contributed by atoms with E-state index in [1.807, 2.05) is 18.2 Å². The number of amides is 1. The zero-order valence-corrected chi connectivity index (χ0v) is 15.4. The van der Waals surface area contributed by atoms with Crippen LogP contribution >= 0.6 is 0 Å². The van der Waals surface area contributed by atoms with Gasteiger partial charge in [0.1, 0.15) is 11.4 Å². The molecule has 0 aliphatic carbocycles. The number of ether oxygens (including phenoxy) is 2. The van der Waals surface area contributed by atoms with Gasteiger partial charge in [0, 0.05) is 30.5 Å². The first-order chi connectivity index (χ1) is 12.6. The highest BCUT2D eigenvalue weighted by Gasteiger charge is 2.19. The summed E-state index contributed by atoms with van der Waals surface area (Å²) in [4.78, 5) is 23.9. The second-order valence-electron chi connectivity index (χ2n) is 6.42. The molecule has 3 rings (SSSR count). The Bertz CT molecular complexity index is 773. The smallest absolute Gasteiger partial charge is 0.274 e. The van der Waals surface area contributed by atoms with Crippen molar-refractivity contribution in [2.45, 2.75) is 19.8 Å². The maximum absolute atomic E-state index is 12.7. The summed E-state index contributed by atoms with van der Waals surface area (Å²) in [6.45, 7) is 6.82. The van der Waals surface area contributed by atoms with Gasteiger partial charge in [-0.2, -0.15) is 0 Å². The Morgan fingerprint density at radius 3 is 2.69 bits per heavy atom. The minimum Gasteiger partial charge on any atom is -0.497 e. The van der Waals surface area contributed by atoms with Crippen LogP contribution in [0, 0.1) is 0 Å². The Morgan fingerprint density at radius 2 is 2.00 bits per heavy atom. The maximum atomic E-state index is 12.7. The third-order valence-electron chi connectivity index (χ3n) is 4.18. The lowest BCUT2D eigenvalue weighted by Gasteiger charge is -2.27. The van der Waals surface area contributed by atoms with Gasteiger partial charge in [0.2, 0.25) is 5.95 Å². The van der Waals surface area contributed by atoms with Crippen LogP contribution in [0.1, 0.15) is 35.9 Å². The first-order valence-corrected chi connectivity index (χ1v) is 8.74. The lowest BCUT2D eigenvalue weighted by atomic mass is 10.1. The molecule has 0 atom stereocenters. The standard InChI is InChI=1S/C19H24N4O3/c1-13(2)16-12-17(22-19(21-16)23-7-9-26-10-8-23)18(24)20-14-5-4-6-15(11-14)25-3/h4-6,11-13H,7-10H2,1-3H3,(H,20,24). The maximum Gasteiger partial charge on any atom is 0.274 e. The van der Waals surface area contributed by atoms with Gasteiger partial charge in [0.25, 0.3) is 5.91 Å². The molecular weight excluding hydrogens is 332 g/mol. The average Bonchev–Trinajstić information content (AvgIpc) is 2.68. The molecule has 2 heterocycles. The number of carbonyl (C=O) groups excluding carboxylic acids is 1. The molecule has 0 radical (unpaired) electrons. The Hall–Kier alpha value is -2.67. The van der Waals surface area contributed by atoms with E-state index in [0.29, 0.717) is 36.3 Å². The summed E-state index contributed by atoms with van der Waals surface area (Å²) in [5.41, 5.74) is 1.86. The van der Waals surface area contributed by atoms with E-state index in [0.717, 1.165) is 18.8 Å². The lowest BCUT2D eigenvalue weighted by Crippen LogP contribution is -2.38. The van der Waals surface area contributed by atoms with Gasteiger partial charge in [-0.1, -0.05) is 19.9 Å². The van der Waals surface area contributed by atoms with Gasteiger partial charge in [-0.15, -0.1) is 0 Å². The van der Waals surface area contributed by atoms with Crippen molar-refractivity contribution in [2.75, 3.05) is 43.6 Å². The molecule has 1 amide bonds. The SMILES string of the molecule is COc1cccc(NC(=O)c2cc(C(C)C)nc(N3CCOCC3)n2)c1. The molecule has 1 aromatic carbocycles. The number of hydrogen-bond donors (Lipinski definition) is 1. The number of nitrogens with one attached hydrogen (secondary N) is 1. The number of methoxy groups -OCH3 is 1. The minimum atomic E-state index is -0.267.